The lowest BCUT2D eigenvalue weighted by atomic mass is 10.0. The molecule has 0 bridgehead atoms. The van der Waals surface area contributed by atoms with Gasteiger partial charge in [0, 0.05) is 6.54 Å². The van der Waals surface area contributed by atoms with Gasteiger partial charge in [-0.3, -0.25) is 33.6 Å². The second-order valence-corrected chi connectivity index (χ2v) is 10.5. The second kappa shape index (κ2) is 17.1. The molecular formula is C25H42N8O9. The van der Waals surface area contributed by atoms with Crippen LogP contribution in [-0.4, -0.2) is 112 Å². The van der Waals surface area contributed by atoms with Gasteiger partial charge in [0.25, 0.3) is 11.8 Å². The molecule has 1 aliphatic rings. The number of ketones is 1. The van der Waals surface area contributed by atoms with Crippen LogP contribution >= 0.6 is 0 Å². The van der Waals surface area contributed by atoms with E-state index in [2.05, 4.69) is 26.5 Å². The van der Waals surface area contributed by atoms with Crippen LogP contribution in [0.15, 0.2) is 5.10 Å². The minimum atomic E-state index is -1.49. The van der Waals surface area contributed by atoms with Crippen molar-refractivity contribution >= 4 is 47.4 Å². The van der Waals surface area contributed by atoms with Crippen LogP contribution in [0.2, 0.25) is 0 Å². The number of carbonyl (C=O) groups is 7. The average molecular weight is 599 g/mol. The van der Waals surface area contributed by atoms with E-state index in [9.17, 15) is 43.8 Å². The molecule has 1 fully saturated rings. The smallest absolute Gasteiger partial charge is 0.267 e. The SMILES string of the molecule is CC(=O)[C@H](CO)NC(=O)[C@@H]1CCCN1C(=O)C=NNC(=O)[C@H](CC(C)C)NC(=O)[C@H](CC(N)=O)NC(=O)[C@@H](N)[C@H](C)O. The van der Waals surface area contributed by atoms with Crippen LogP contribution in [0.4, 0.5) is 0 Å². The van der Waals surface area contributed by atoms with Gasteiger partial charge in [0.05, 0.1) is 19.1 Å². The van der Waals surface area contributed by atoms with E-state index >= 15 is 0 Å². The van der Waals surface area contributed by atoms with Gasteiger partial charge >= 0.3 is 0 Å². The predicted molar refractivity (Wildman–Crippen MR) is 148 cm³/mol. The Morgan fingerprint density at radius 3 is 2.12 bits per heavy atom. The number of hydrogen-bond donors (Lipinski definition) is 8. The number of aliphatic hydroxyl groups excluding tert-OH is 2. The maximum absolute atomic E-state index is 12.9. The van der Waals surface area contributed by atoms with Gasteiger partial charge < -0.3 is 42.5 Å². The predicted octanol–water partition coefficient (Wildman–Crippen LogP) is -4.26. The highest BCUT2D eigenvalue weighted by Gasteiger charge is 2.35. The molecule has 1 aliphatic heterocycles. The molecule has 0 saturated carbocycles. The molecule has 0 spiro atoms. The molecule has 1 saturated heterocycles. The molecule has 1 rings (SSSR count). The molecule has 0 aromatic rings. The lowest BCUT2D eigenvalue weighted by molar-refractivity contribution is -0.135. The number of Topliss-reactive ketones (excluding diaryl/α,β-unsaturated/α-hetero) is 1. The van der Waals surface area contributed by atoms with E-state index in [4.69, 9.17) is 11.5 Å². The van der Waals surface area contributed by atoms with Crippen molar-refractivity contribution < 1.29 is 43.8 Å². The summed E-state index contributed by atoms with van der Waals surface area (Å²) in [5.74, 6) is -5.43. The third kappa shape index (κ3) is 11.5. The minimum absolute atomic E-state index is 0.110. The molecule has 236 valence electrons. The number of hydrazone groups is 1. The molecule has 1 heterocycles. The highest BCUT2D eigenvalue weighted by Crippen LogP contribution is 2.17. The van der Waals surface area contributed by atoms with Crippen molar-refractivity contribution in [3.8, 4) is 0 Å². The zero-order valence-electron chi connectivity index (χ0n) is 24.2. The van der Waals surface area contributed by atoms with E-state index in [0.29, 0.717) is 12.8 Å². The second-order valence-electron chi connectivity index (χ2n) is 10.5. The number of likely N-dealkylation sites (tertiary alicyclic amines) is 1. The van der Waals surface area contributed by atoms with Crippen LogP contribution in [0, 0.1) is 5.92 Å². The zero-order chi connectivity index (χ0) is 32.1. The first-order valence-corrected chi connectivity index (χ1v) is 13.5. The van der Waals surface area contributed by atoms with Crippen molar-refractivity contribution in [2.24, 2.45) is 22.5 Å². The van der Waals surface area contributed by atoms with Gasteiger partial charge in [0.15, 0.2) is 5.78 Å². The number of primary amides is 1. The van der Waals surface area contributed by atoms with E-state index < -0.39 is 90.6 Å². The summed E-state index contributed by atoms with van der Waals surface area (Å²) in [5, 5.41) is 29.5. The molecule has 0 radical (unpaired) electrons. The monoisotopic (exact) mass is 598 g/mol. The summed E-state index contributed by atoms with van der Waals surface area (Å²) in [7, 11) is 0. The van der Waals surface area contributed by atoms with Gasteiger partial charge in [0.2, 0.25) is 23.6 Å². The van der Waals surface area contributed by atoms with Crippen molar-refractivity contribution in [2.75, 3.05) is 13.2 Å². The topological polar surface area (TPSA) is 276 Å². The molecule has 0 aromatic carbocycles. The van der Waals surface area contributed by atoms with Crippen molar-refractivity contribution in [3.63, 3.8) is 0 Å². The van der Waals surface area contributed by atoms with E-state index in [1.807, 2.05) is 0 Å². The third-order valence-electron chi connectivity index (χ3n) is 6.38. The summed E-state index contributed by atoms with van der Waals surface area (Å²) in [6.07, 6.45) is -0.126. The van der Waals surface area contributed by atoms with Crippen LogP contribution < -0.4 is 32.8 Å². The molecule has 0 unspecified atom stereocenters. The van der Waals surface area contributed by atoms with Crippen LogP contribution in [-0.2, 0) is 33.6 Å². The average Bonchev–Trinajstić information content (AvgIpc) is 3.39. The number of nitrogens with two attached hydrogens (primary N) is 2. The van der Waals surface area contributed by atoms with Crippen LogP contribution in [0.5, 0.6) is 0 Å². The van der Waals surface area contributed by atoms with Crippen molar-refractivity contribution in [2.45, 2.75) is 89.7 Å². The molecule has 17 heteroatoms. The number of carbonyl (C=O) groups excluding carboxylic acids is 7. The van der Waals surface area contributed by atoms with Gasteiger partial charge in [-0.15, -0.1) is 0 Å². The maximum Gasteiger partial charge on any atom is 0.267 e. The quantitative estimate of drug-likeness (QED) is 0.0625. The Labute approximate surface area is 243 Å². The first-order chi connectivity index (χ1) is 19.6. The molecule has 42 heavy (non-hydrogen) atoms. The Morgan fingerprint density at radius 2 is 1.60 bits per heavy atom. The fourth-order valence-electron chi connectivity index (χ4n) is 4.02. The largest absolute Gasteiger partial charge is 0.394 e. The molecule has 17 nitrogen and oxygen atoms in total. The summed E-state index contributed by atoms with van der Waals surface area (Å²) >= 11 is 0. The molecule has 10 N–H and O–H groups in total. The normalized spacial score (nSPS) is 18.5. The first kappa shape index (κ1) is 36.1. The van der Waals surface area contributed by atoms with E-state index in [1.165, 1.54) is 18.7 Å². The summed E-state index contributed by atoms with van der Waals surface area (Å²) in [4.78, 5) is 87.5. The summed E-state index contributed by atoms with van der Waals surface area (Å²) in [6.45, 7) is 5.66. The lowest BCUT2D eigenvalue weighted by Crippen LogP contribution is -2.57. The maximum atomic E-state index is 12.9. The van der Waals surface area contributed by atoms with Gasteiger partial charge in [-0.05, 0) is 39.0 Å². The van der Waals surface area contributed by atoms with Crippen molar-refractivity contribution in [1.29, 1.82) is 0 Å². The van der Waals surface area contributed by atoms with Gasteiger partial charge in [-0.25, -0.2) is 5.43 Å². The summed E-state index contributed by atoms with van der Waals surface area (Å²) in [5.41, 5.74) is 12.9. The van der Waals surface area contributed by atoms with Crippen LogP contribution in [0.25, 0.3) is 0 Å². The Balaban J connectivity index is 2.91. The zero-order valence-corrected chi connectivity index (χ0v) is 24.2. The van der Waals surface area contributed by atoms with Crippen molar-refractivity contribution in [1.82, 2.24) is 26.3 Å². The Hall–Kier alpha value is -3.96. The first-order valence-electron chi connectivity index (χ1n) is 13.5. The Morgan fingerprint density at radius 1 is 0.976 bits per heavy atom. The Bertz CT molecular complexity index is 1050. The van der Waals surface area contributed by atoms with Crippen LogP contribution in [0.3, 0.4) is 0 Å². The van der Waals surface area contributed by atoms with Gasteiger partial charge in [-0.2, -0.15) is 5.10 Å². The number of nitrogens with one attached hydrogen (secondary N) is 4. The van der Waals surface area contributed by atoms with Gasteiger partial charge in [0.1, 0.15) is 36.4 Å². The molecule has 0 aliphatic carbocycles. The van der Waals surface area contributed by atoms with Crippen molar-refractivity contribution in [3.05, 3.63) is 0 Å². The summed E-state index contributed by atoms with van der Waals surface area (Å²) < 4.78 is 0. The fraction of sp³-hybridized carbons (Fsp3) is 0.680. The summed E-state index contributed by atoms with van der Waals surface area (Å²) in [6, 6.07) is -6.07. The van der Waals surface area contributed by atoms with Gasteiger partial charge in [-0.1, -0.05) is 13.8 Å². The molecule has 6 amide bonds. The molecular weight excluding hydrogens is 556 g/mol. The lowest BCUT2D eigenvalue weighted by Gasteiger charge is -2.25. The van der Waals surface area contributed by atoms with E-state index in [1.54, 1.807) is 13.8 Å². The fourth-order valence-corrected chi connectivity index (χ4v) is 4.02. The number of hydrogen-bond acceptors (Lipinski definition) is 11. The standard InChI is InChI=1S/C25H42N8O9/c1-12(2)8-15(29-22(39)16(9-19(26)37)30-25(42)21(27)14(4)36)23(40)32-28-10-20(38)33-7-5-6-18(33)24(41)31-17(11-34)13(3)35/h10,12,14-18,21,34,36H,5-9,11,27H2,1-4H3,(H2,26,37)(H,29,39)(H,30,42)(H,31,41)(H,32,40)/t14-,15-,16-,17-,18-,21-/m0/s1. The van der Waals surface area contributed by atoms with Crippen LogP contribution in [0.1, 0.15) is 53.4 Å². The highest BCUT2D eigenvalue weighted by molar-refractivity contribution is 6.27. The molecule has 0 aromatic heterocycles. The third-order valence-corrected chi connectivity index (χ3v) is 6.38. The molecule has 6 atom stereocenters. The Kier molecular flexibility index (Phi) is 14.7. The number of nitrogens with zero attached hydrogens (tertiary/aromatic N) is 2. The number of rotatable bonds is 16. The van der Waals surface area contributed by atoms with E-state index in [0.717, 1.165) is 6.21 Å². The number of amides is 6. The highest BCUT2D eigenvalue weighted by atomic mass is 16.3. The number of aliphatic hydroxyl groups is 2. The van der Waals surface area contributed by atoms with E-state index in [-0.39, 0.29) is 18.9 Å². The minimum Gasteiger partial charge on any atom is -0.394 e.